The predicted octanol–water partition coefficient (Wildman–Crippen LogP) is 6.38. The van der Waals surface area contributed by atoms with Crippen molar-refractivity contribution in [2.24, 2.45) is 46.8 Å². The van der Waals surface area contributed by atoms with E-state index < -0.39 is 179 Å². The highest BCUT2D eigenvalue weighted by atomic mass is 35.5. The van der Waals surface area contributed by atoms with Crippen LogP contribution in [0, 0.1) is 46.8 Å². The maximum Gasteiger partial charge on any atom is 0.393 e. The Morgan fingerprint density at radius 3 is 1.90 bits per heavy atom. The molecule has 25 nitrogen and oxygen atoms in total. The molecule has 3 aliphatic heterocycles. The third kappa shape index (κ3) is 20.8. The Morgan fingerprint density at radius 1 is 0.676 bits per heavy atom. The number of rotatable bonds is 13. The highest BCUT2D eigenvalue weighted by molar-refractivity contribution is 6.21. The van der Waals surface area contributed by atoms with Gasteiger partial charge in [0.25, 0.3) is 0 Å². The molecular formula is C76H122ClF3N12O13. The number of carbonyl (C=O) groups is 12. The first-order valence-corrected chi connectivity index (χ1v) is 39.0. The minimum atomic E-state index is -4.52. The van der Waals surface area contributed by atoms with Crippen LogP contribution in [0.1, 0.15) is 190 Å². The Hall–Kier alpha value is -6.58. The lowest BCUT2D eigenvalue weighted by Gasteiger charge is -2.54. The van der Waals surface area contributed by atoms with E-state index in [1.165, 1.54) is 83.7 Å². The van der Waals surface area contributed by atoms with Gasteiger partial charge in [-0.2, -0.15) is 13.2 Å². The first-order chi connectivity index (χ1) is 49.3. The molecule has 4 aliphatic carbocycles. The number of carbonyl (C=O) groups excluding carboxylic acids is 12. The Kier molecular flexibility index (Phi) is 30.2. The van der Waals surface area contributed by atoms with Crippen LogP contribution in [0.3, 0.4) is 0 Å². The number of nitrogens with one attached hydrogen (secondary N) is 3. The molecule has 105 heavy (non-hydrogen) atoms. The fraction of sp³-hybridized carbons (Fsp3) is 0.816. The summed E-state index contributed by atoms with van der Waals surface area (Å²) in [7, 11) is 9.86. The van der Waals surface area contributed by atoms with Crippen LogP contribution in [0.4, 0.5) is 13.2 Å². The van der Waals surface area contributed by atoms with Crippen LogP contribution in [0.25, 0.3) is 0 Å². The van der Waals surface area contributed by atoms with Gasteiger partial charge in [-0.25, -0.2) is 0 Å². The topological polar surface area (TPSA) is 279 Å². The van der Waals surface area contributed by atoms with Crippen LogP contribution in [0.5, 0.6) is 0 Å². The van der Waals surface area contributed by atoms with Gasteiger partial charge in [0.1, 0.15) is 53.9 Å². The minimum absolute atomic E-state index is 0.00164. The van der Waals surface area contributed by atoms with E-state index in [-0.39, 0.29) is 115 Å². The number of amides is 12. The molecule has 0 aromatic heterocycles. The summed E-state index contributed by atoms with van der Waals surface area (Å²) in [6, 6.07) is -10.2. The van der Waals surface area contributed by atoms with Crippen LogP contribution in [-0.2, 0) is 62.3 Å². The van der Waals surface area contributed by atoms with E-state index in [0.717, 1.165) is 48.3 Å². The monoisotopic (exact) mass is 1500 g/mol. The average molecular weight is 1500 g/mol. The van der Waals surface area contributed by atoms with Crippen molar-refractivity contribution in [1.82, 2.24) is 60.0 Å². The summed E-state index contributed by atoms with van der Waals surface area (Å²) in [6.07, 6.45) is 5.70. The molecule has 3 N–H and O–H groups in total. The van der Waals surface area contributed by atoms with E-state index in [1.807, 2.05) is 33.8 Å². The quantitative estimate of drug-likeness (QED) is 0.134. The van der Waals surface area contributed by atoms with Gasteiger partial charge in [-0.15, -0.1) is 11.6 Å². The molecule has 2 bridgehead atoms. The zero-order valence-electron chi connectivity index (χ0n) is 65.0. The second-order valence-electron chi connectivity index (χ2n) is 32.7. The van der Waals surface area contributed by atoms with Crippen LogP contribution < -0.4 is 16.0 Å². The fourth-order valence-electron chi connectivity index (χ4n) is 17.7. The van der Waals surface area contributed by atoms with E-state index in [1.54, 1.807) is 26.8 Å². The first-order valence-electron chi connectivity index (χ1n) is 38.6. The van der Waals surface area contributed by atoms with Crippen molar-refractivity contribution >= 4 is 82.5 Å². The molecule has 29 heteroatoms. The molecule has 0 aromatic carbocycles. The lowest BCUT2D eigenvalue weighted by Crippen LogP contribution is -2.71. The molecule has 1 spiro atoms. The van der Waals surface area contributed by atoms with Gasteiger partial charge >= 0.3 is 6.18 Å². The Bertz CT molecular complexity index is 3130. The average Bonchev–Trinajstić information content (AvgIpc) is 1.35. The van der Waals surface area contributed by atoms with Crippen molar-refractivity contribution in [3.8, 4) is 0 Å². The van der Waals surface area contributed by atoms with Crippen LogP contribution >= 0.6 is 11.6 Å². The van der Waals surface area contributed by atoms with E-state index in [4.69, 9.17) is 16.3 Å². The summed E-state index contributed by atoms with van der Waals surface area (Å²) in [4.78, 5) is 194. The number of fused-ring (bicyclic) bond motifs is 3. The largest absolute Gasteiger partial charge is 0.393 e. The smallest absolute Gasteiger partial charge is 0.382 e. The summed E-state index contributed by atoms with van der Waals surface area (Å²) < 4.78 is 47.9. The Labute approximate surface area is 625 Å². The molecule has 7 aliphatic rings. The minimum Gasteiger partial charge on any atom is -0.382 e. The summed E-state index contributed by atoms with van der Waals surface area (Å²) in [5, 5.41) is 7.59. The molecule has 3 heterocycles. The van der Waals surface area contributed by atoms with E-state index >= 15 is 28.8 Å². The Balaban J connectivity index is 1.32. The van der Waals surface area contributed by atoms with E-state index in [0.29, 0.717) is 31.6 Å². The first kappa shape index (κ1) is 85.7. The number of halogens is 4. The second kappa shape index (κ2) is 37.0. The molecule has 6 fully saturated rings. The lowest BCUT2D eigenvalue weighted by atomic mass is 9.58. The fourth-order valence-corrected chi connectivity index (χ4v) is 18.2. The van der Waals surface area contributed by atoms with Crippen LogP contribution in [0.2, 0.25) is 0 Å². The molecular weight excluding hydrogens is 1380 g/mol. The van der Waals surface area contributed by atoms with Gasteiger partial charge in [-0.1, -0.05) is 98.6 Å². The number of likely N-dealkylation sites (N-methyl/N-ethyl adjacent to an activating group) is 7. The number of ether oxygens (including phenoxy) is 1. The number of hydrogen-bond acceptors (Lipinski definition) is 13. The van der Waals surface area contributed by atoms with E-state index in [2.05, 4.69) is 22.9 Å². The van der Waals surface area contributed by atoms with Gasteiger partial charge in [0.15, 0.2) is 0 Å². The standard InChI is InChI=1S/C76H122ClF3N12O13/c1-16-48(6)63-71(102)85(10)42-62(95)86(11)55-26-20-19-23-35-91(70(55)101)58(38-50-29-27-46(4)28-30-50)68(99)84(9)41-60(93)81-54(34-32-49-31-33-52(53(77)37-49)76(78,79)80)67(98)92-40-47(5)36-56(92)66(97)83-75(44-74(7,8)45-75)73(104)89(14)64(51-24-21-22-25-51)72(103)88(13)57(69(100)90(17-2)18-3)39-61(94)87(12)59(43-105-15)65(96)82-63/h19-20,46-59,63-64H,16-18,21-45H2,1-15H3,(H,81,93)(H,82,96)(H,83,97)/b20-19-/t46?,47-,48-,49?,50?,52?,53?,54-,55-,56-,57-,58-,59-,63-,64-/m0/s1. The highest BCUT2D eigenvalue weighted by Gasteiger charge is 2.59. The van der Waals surface area contributed by atoms with E-state index in [9.17, 15) is 41.9 Å². The normalized spacial score (nSPS) is 32.1. The van der Waals surface area contributed by atoms with Crippen molar-refractivity contribution in [1.29, 1.82) is 0 Å². The molecule has 3 unspecified atom stereocenters. The molecule has 12 amide bonds. The number of nitrogens with zero attached hydrogens (tertiary/aromatic N) is 9. The number of hydrogen-bond donors (Lipinski definition) is 3. The summed E-state index contributed by atoms with van der Waals surface area (Å²) >= 11 is 6.46. The predicted molar refractivity (Wildman–Crippen MR) is 390 cm³/mol. The molecule has 592 valence electrons. The molecule has 13 atom stereocenters. The SMILES string of the molecule is CC[C@H](C)[C@@H]1NC(=O)[C@H](COC)N(C)C(=O)C[C@@H](C(=O)N(CC)CC)N(C)C(=O)[C@H](C2CCCC2)N(C)C(=O)C2(CC(C)(C)C2)NC(=O)[C@@H]2C[C@H](C)CN2C(=O)[C@H](CCC2CCC(C(F)(F)F)C(Cl)C2)NC(=O)CN(C)C(=O)[C@H](CC2CCC(C)CC2)N2CC/C=C\C[C@@H](C2=O)N(C)C(=O)CN(C)C1=O. The van der Waals surface area contributed by atoms with Crippen molar-refractivity contribution in [3.05, 3.63) is 12.2 Å². The number of methoxy groups -OCH3 is 1. The maximum absolute atomic E-state index is 15.8. The van der Waals surface area contributed by atoms with Gasteiger partial charge in [0.05, 0.1) is 32.0 Å². The van der Waals surface area contributed by atoms with Gasteiger partial charge in [-0.05, 0) is 138 Å². The van der Waals surface area contributed by atoms with Gasteiger partial charge in [0, 0.05) is 81.0 Å². The molecule has 2 saturated heterocycles. The molecule has 0 aromatic rings. The third-order valence-corrected chi connectivity index (χ3v) is 24.7. The maximum atomic E-state index is 15.8. The van der Waals surface area contributed by atoms with Gasteiger partial charge in [-0.3, -0.25) is 57.5 Å². The number of alkyl halides is 4. The summed E-state index contributed by atoms with van der Waals surface area (Å²) in [5.41, 5.74) is -2.12. The molecule has 4 saturated carbocycles. The van der Waals surface area contributed by atoms with Crippen molar-refractivity contribution in [3.63, 3.8) is 0 Å². The Morgan fingerprint density at radius 2 is 1.30 bits per heavy atom. The molecule has 0 radical (unpaired) electrons. The summed E-state index contributed by atoms with van der Waals surface area (Å²) in [5.74, 6) is -10.8. The lowest BCUT2D eigenvalue weighted by molar-refractivity contribution is -0.182. The van der Waals surface area contributed by atoms with Gasteiger partial charge in [0.2, 0.25) is 70.9 Å². The van der Waals surface area contributed by atoms with Gasteiger partial charge < -0.3 is 64.8 Å². The third-order valence-electron chi connectivity index (χ3n) is 24.2. The van der Waals surface area contributed by atoms with Crippen LogP contribution in [0.15, 0.2) is 12.2 Å². The van der Waals surface area contributed by atoms with Crippen LogP contribution in [-0.4, -0.2) is 276 Å². The highest BCUT2D eigenvalue weighted by Crippen LogP contribution is 2.50. The van der Waals surface area contributed by atoms with Crippen molar-refractivity contribution in [2.45, 2.75) is 256 Å². The van der Waals surface area contributed by atoms with Crippen molar-refractivity contribution < 1.29 is 75.4 Å². The second-order valence-corrected chi connectivity index (χ2v) is 33.3. The zero-order chi connectivity index (χ0) is 77.9. The van der Waals surface area contributed by atoms with Crippen molar-refractivity contribution in [2.75, 3.05) is 95.3 Å². The summed E-state index contributed by atoms with van der Waals surface area (Å²) in [6.45, 7) is 14.0. The molecule has 7 rings (SSSR count). The zero-order valence-corrected chi connectivity index (χ0v) is 65.8.